The molecule has 4 heteroatoms. The molecule has 0 aromatic carbocycles. The number of hydrogen-bond donors (Lipinski definition) is 2. The molecule has 2 rings (SSSR count). The second-order valence-electron chi connectivity index (χ2n) is 4.73. The van der Waals surface area contributed by atoms with Crippen molar-refractivity contribution in [1.29, 1.82) is 0 Å². The van der Waals surface area contributed by atoms with E-state index in [1.54, 1.807) is 0 Å². The summed E-state index contributed by atoms with van der Waals surface area (Å²) in [6, 6.07) is 0. The predicted molar refractivity (Wildman–Crippen MR) is 63.3 cm³/mol. The van der Waals surface area contributed by atoms with E-state index in [-0.39, 0.29) is 6.10 Å². The summed E-state index contributed by atoms with van der Waals surface area (Å²) in [5.74, 6) is 3.38. The standard InChI is InChI=1S/C11H21NO2S/c1-9-11(13,3-4-14-9)8-12-6-10-2-5-15-7-10/h9-10,12-13H,2-8H2,1H3. The van der Waals surface area contributed by atoms with Gasteiger partial charge in [0.1, 0.15) is 5.60 Å². The van der Waals surface area contributed by atoms with E-state index in [2.05, 4.69) is 5.32 Å². The van der Waals surface area contributed by atoms with Crippen LogP contribution in [0.1, 0.15) is 19.8 Å². The van der Waals surface area contributed by atoms with Crippen LogP contribution in [0.3, 0.4) is 0 Å². The molecule has 3 unspecified atom stereocenters. The molecule has 2 heterocycles. The number of hydrogen-bond acceptors (Lipinski definition) is 4. The highest BCUT2D eigenvalue weighted by Crippen LogP contribution is 2.26. The van der Waals surface area contributed by atoms with Gasteiger partial charge in [0.25, 0.3) is 0 Å². The second-order valence-corrected chi connectivity index (χ2v) is 5.88. The molecule has 0 radical (unpaired) electrons. The highest BCUT2D eigenvalue weighted by molar-refractivity contribution is 7.99. The topological polar surface area (TPSA) is 41.5 Å². The number of aliphatic hydroxyl groups is 1. The molecule has 0 bridgehead atoms. The van der Waals surface area contributed by atoms with E-state index in [4.69, 9.17) is 4.74 Å². The van der Waals surface area contributed by atoms with Gasteiger partial charge in [-0.3, -0.25) is 0 Å². The van der Waals surface area contributed by atoms with Crippen LogP contribution >= 0.6 is 11.8 Å². The number of thioether (sulfide) groups is 1. The quantitative estimate of drug-likeness (QED) is 0.753. The number of ether oxygens (including phenoxy) is 1. The second kappa shape index (κ2) is 5.04. The Morgan fingerprint density at radius 1 is 1.60 bits per heavy atom. The van der Waals surface area contributed by atoms with Crippen molar-refractivity contribution in [1.82, 2.24) is 5.32 Å². The van der Waals surface area contributed by atoms with E-state index in [9.17, 15) is 5.11 Å². The number of rotatable bonds is 4. The Labute approximate surface area is 96.0 Å². The lowest BCUT2D eigenvalue weighted by Gasteiger charge is -2.26. The van der Waals surface area contributed by atoms with E-state index in [1.165, 1.54) is 17.9 Å². The molecule has 0 aromatic rings. The molecule has 2 aliphatic heterocycles. The highest BCUT2D eigenvalue weighted by Gasteiger charge is 2.39. The zero-order valence-corrected chi connectivity index (χ0v) is 10.2. The Bertz CT molecular complexity index is 209. The monoisotopic (exact) mass is 231 g/mol. The number of nitrogens with one attached hydrogen (secondary N) is 1. The van der Waals surface area contributed by atoms with Crippen LogP contribution in [0.5, 0.6) is 0 Å². The van der Waals surface area contributed by atoms with E-state index in [1.807, 2.05) is 18.7 Å². The lowest BCUT2D eigenvalue weighted by molar-refractivity contribution is -0.0263. The van der Waals surface area contributed by atoms with Crippen molar-refractivity contribution in [3.05, 3.63) is 0 Å². The van der Waals surface area contributed by atoms with Crippen molar-refractivity contribution in [2.24, 2.45) is 5.92 Å². The van der Waals surface area contributed by atoms with Gasteiger partial charge in [0, 0.05) is 19.6 Å². The van der Waals surface area contributed by atoms with Gasteiger partial charge < -0.3 is 15.2 Å². The molecule has 3 atom stereocenters. The fourth-order valence-corrected chi connectivity index (χ4v) is 3.52. The molecular weight excluding hydrogens is 210 g/mol. The molecule has 15 heavy (non-hydrogen) atoms. The normalized spacial score (nSPS) is 41.2. The summed E-state index contributed by atoms with van der Waals surface area (Å²) in [6.07, 6.45) is 2.06. The van der Waals surface area contributed by atoms with Gasteiger partial charge in [-0.25, -0.2) is 0 Å². The van der Waals surface area contributed by atoms with Gasteiger partial charge >= 0.3 is 0 Å². The zero-order chi connectivity index (χ0) is 10.7. The summed E-state index contributed by atoms with van der Waals surface area (Å²) in [6.45, 7) is 4.37. The molecule has 0 spiro atoms. The third kappa shape index (κ3) is 2.87. The largest absolute Gasteiger partial charge is 0.386 e. The average Bonchev–Trinajstić information content (AvgIpc) is 2.79. The summed E-state index contributed by atoms with van der Waals surface area (Å²) >= 11 is 2.04. The van der Waals surface area contributed by atoms with Crippen molar-refractivity contribution in [3.8, 4) is 0 Å². The lowest BCUT2D eigenvalue weighted by Crippen LogP contribution is -2.46. The minimum absolute atomic E-state index is 0.0250. The van der Waals surface area contributed by atoms with Crippen LogP contribution in [0, 0.1) is 5.92 Å². The Morgan fingerprint density at radius 3 is 3.07 bits per heavy atom. The molecule has 2 saturated heterocycles. The minimum atomic E-state index is -0.633. The summed E-state index contributed by atoms with van der Waals surface area (Å²) in [5.41, 5.74) is -0.633. The predicted octanol–water partition coefficient (Wildman–Crippen LogP) is 0.869. The third-order valence-corrected chi connectivity index (χ3v) is 4.78. The lowest BCUT2D eigenvalue weighted by atomic mass is 9.96. The minimum Gasteiger partial charge on any atom is -0.386 e. The molecular formula is C11H21NO2S. The zero-order valence-electron chi connectivity index (χ0n) is 9.37. The Balaban J connectivity index is 1.68. The Kier molecular flexibility index (Phi) is 3.93. The first-order valence-electron chi connectivity index (χ1n) is 5.83. The first kappa shape index (κ1) is 11.7. The van der Waals surface area contributed by atoms with Gasteiger partial charge in [0.2, 0.25) is 0 Å². The van der Waals surface area contributed by atoms with Crippen LogP contribution in [0.25, 0.3) is 0 Å². The molecule has 0 aliphatic carbocycles. The van der Waals surface area contributed by atoms with Crippen molar-refractivity contribution < 1.29 is 9.84 Å². The molecule has 2 aliphatic rings. The van der Waals surface area contributed by atoms with Crippen molar-refractivity contribution in [2.45, 2.75) is 31.5 Å². The van der Waals surface area contributed by atoms with E-state index in [0.29, 0.717) is 13.2 Å². The first-order chi connectivity index (χ1) is 7.21. The van der Waals surface area contributed by atoms with E-state index >= 15 is 0 Å². The summed E-state index contributed by atoms with van der Waals surface area (Å²) in [5, 5.41) is 13.6. The van der Waals surface area contributed by atoms with Crippen LogP contribution in [0.4, 0.5) is 0 Å². The van der Waals surface area contributed by atoms with Crippen molar-refractivity contribution in [2.75, 3.05) is 31.2 Å². The van der Waals surface area contributed by atoms with Crippen LogP contribution in [-0.4, -0.2) is 48.0 Å². The van der Waals surface area contributed by atoms with Crippen LogP contribution in [0.15, 0.2) is 0 Å². The maximum Gasteiger partial charge on any atom is 0.105 e. The fourth-order valence-electron chi connectivity index (χ4n) is 2.24. The molecule has 0 aromatic heterocycles. The van der Waals surface area contributed by atoms with Gasteiger partial charge in [-0.1, -0.05) is 0 Å². The van der Waals surface area contributed by atoms with Gasteiger partial charge in [0.05, 0.1) is 6.10 Å². The van der Waals surface area contributed by atoms with Gasteiger partial charge in [-0.2, -0.15) is 11.8 Å². The molecule has 0 saturated carbocycles. The fraction of sp³-hybridized carbons (Fsp3) is 1.00. The van der Waals surface area contributed by atoms with Gasteiger partial charge in [-0.15, -0.1) is 0 Å². The maximum atomic E-state index is 10.2. The smallest absolute Gasteiger partial charge is 0.105 e. The Hall–Kier alpha value is 0.230. The SMILES string of the molecule is CC1OCCC1(O)CNCC1CCSC1. The molecule has 3 nitrogen and oxygen atoms in total. The van der Waals surface area contributed by atoms with Gasteiger partial charge in [0.15, 0.2) is 0 Å². The highest BCUT2D eigenvalue weighted by atomic mass is 32.2. The summed E-state index contributed by atoms with van der Waals surface area (Å²) in [7, 11) is 0. The molecule has 0 amide bonds. The van der Waals surface area contributed by atoms with E-state index in [0.717, 1.165) is 18.9 Å². The van der Waals surface area contributed by atoms with Crippen LogP contribution < -0.4 is 5.32 Å². The van der Waals surface area contributed by atoms with Crippen molar-refractivity contribution >= 4 is 11.8 Å². The molecule has 2 N–H and O–H groups in total. The average molecular weight is 231 g/mol. The Morgan fingerprint density at radius 2 is 2.47 bits per heavy atom. The van der Waals surface area contributed by atoms with Gasteiger partial charge in [-0.05, 0) is 37.3 Å². The maximum absolute atomic E-state index is 10.2. The van der Waals surface area contributed by atoms with Crippen LogP contribution in [0.2, 0.25) is 0 Å². The van der Waals surface area contributed by atoms with Crippen LogP contribution in [-0.2, 0) is 4.74 Å². The first-order valence-corrected chi connectivity index (χ1v) is 6.99. The van der Waals surface area contributed by atoms with E-state index < -0.39 is 5.60 Å². The molecule has 2 fully saturated rings. The third-order valence-electron chi connectivity index (χ3n) is 3.55. The van der Waals surface area contributed by atoms with Crippen molar-refractivity contribution in [3.63, 3.8) is 0 Å². The summed E-state index contributed by atoms with van der Waals surface area (Å²) < 4.78 is 5.40. The molecule has 88 valence electrons. The summed E-state index contributed by atoms with van der Waals surface area (Å²) in [4.78, 5) is 0.